The number of nitro groups is 1. The molecule has 0 radical (unpaired) electrons. The monoisotopic (exact) mass is 280 g/mol. The lowest BCUT2D eigenvalue weighted by atomic mass is 10.0. The van der Waals surface area contributed by atoms with Crippen molar-refractivity contribution in [3.05, 3.63) is 33.9 Å². The summed E-state index contributed by atoms with van der Waals surface area (Å²) >= 11 is 0. The number of hydrogen-bond acceptors (Lipinski definition) is 6. The number of amidine groups is 1. The van der Waals surface area contributed by atoms with Crippen LogP contribution in [-0.4, -0.2) is 40.3 Å². The van der Waals surface area contributed by atoms with Gasteiger partial charge in [0, 0.05) is 30.9 Å². The molecule has 2 rings (SSSR count). The molecular formula is C12H16N4O4. The minimum atomic E-state index is -0.530. The largest absolute Gasteiger partial charge is 0.409 e. The Morgan fingerprint density at radius 1 is 1.45 bits per heavy atom. The smallest absolute Gasteiger partial charge is 0.270 e. The van der Waals surface area contributed by atoms with Crippen molar-refractivity contribution in [3.63, 3.8) is 0 Å². The van der Waals surface area contributed by atoms with Crippen molar-refractivity contribution in [2.24, 2.45) is 10.9 Å². The summed E-state index contributed by atoms with van der Waals surface area (Å²) < 4.78 is 0. The minimum Gasteiger partial charge on any atom is -0.409 e. The van der Waals surface area contributed by atoms with Gasteiger partial charge in [0.1, 0.15) is 0 Å². The summed E-state index contributed by atoms with van der Waals surface area (Å²) in [5.41, 5.74) is 6.46. The number of anilines is 1. The lowest BCUT2D eigenvalue weighted by molar-refractivity contribution is -0.384. The van der Waals surface area contributed by atoms with Crippen LogP contribution in [0.4, 0.5) is 11.4 Å². The average Bonchev–Trinajstić information content (AvgIpc) is 2.46. The fraction of sp³-hybridized carbons (Fsp3) is 0.417. The van der Waals surface area contributed by atoms with Crippen LogP contribution in [0.15, 0.2) is 23.4 Å². The molecule has 1 aromatic carbocycles. The predicted molar refractivity (Wildman–Crippen MR) is 73.1 cm³/mol. The number of aliphatic hydroxyl groups is 1. The molecule has 1 saturated heterocycles. The van der Waals surface area contributed by atoms with Crippen molar-refractivity contribution in [1.82, 2.24) is 0 Å². The Bertz CT molecular complexity index is 538. The maximum atomic E-state index is 10.8. The van der Waals surface area contributed by atoms with Gasteiger partial charge in [0.25, 0.3) is 5.69 Å². The van der Waals surface area contributed by atoms with E-state index in [4.69, 9.17) is 10.9 Å². The van der Waals surface area contributed by atoms with Crippen LogP contribution in [0, 0.1) is 10.1 Å². The van der Waals surface area contributed by atoms with Gasteiger partial charge < -0.3 is 20.9 Å². The van der Waals surface area contributed by atoms with E-state index in [1.54, 1.807) is 6.07 Å². The lowest BCUT2D eigenvalue weighted by Gasteiger charge is -2.32. The number of hydrogen-bond donors (Lipinski definition) is 3. The molecular weight excluding hydrogens is 264 g/mol. The van der Waals surface area contributed by atoms with Gasteiger partial charge in [-0.05, 0) is 18.9 Å². The van der Waals surface area contributed by atoms with E-state index in [1.807, 2.05) is 4.90 Å². The molecule has 0 aromatic heterocycles. The molecule has 0 atom stereocenters. The maximum Gasteiger partial charge on any atom is 0.270 e. The normalized spacial score (nSPS) is 17.2. The predicted octanol–water partition coefficient (Wildman–Crippen LogP) is 0.650. The summed E-state index contributed by atoms with van der Waals surface area (Å²) in [7, 11) is 0. The molecule has 8 heteroatoms. The third kappa shape index (κ3) is 2.80. The number of non-ortho nitro benzene ring substituents is 1. The van der Waals surface area contributed by atoms with Crippen LogP contribution < -0.4 is 10.6 Å². The fourth-order valence-corrected chi connectivity index (χ4v) is 2.28. The van der Waals surface area contributed by atoms with Crippen LogP contribution in [0.25, 0.3) is 0 Å². The van der Waals surface area contributed by atoms with Crippen molar-refractivity contribution in [2.75, 3.05) is 18.0 Å². The molecule has 1 aromatic rings. The first-order chi connectivity index (χ1) is 9.52. The SMILES string of the molecule is NC(=NO)c1cc([N+](=O)[O-])ccc1N1CCC(O)CC1. The Balaban J connectivity index is 2.39. The van der Waals surface area contributed by atoms with Crippen molar-refractivity contribution in [2.45, 2.75) is 18.9 Å². The Kier molecular flexibility index (Phi) is 4.04. The molecule has 0 saturated carbocycles. The molecule has 0 spiro atoms. The number of benzene rings is 1. The van der Waals surface area contributed by atoms with Gasteiger partial charge in [-0.1, -0.05) is 5.16 Å². The topological polar surface area (TPSA) is 125 Å². The zero-order valence-electron chi connectivity index (χ0n) is 10.8. The number of nitrogens with zero attached hydrogens (tertiary/aromatic N) is 3. The Labute approximate surface area is 115 Å². The Morgan fingerprint density at radius 3 is 2.65 bits per heavy atom. The second-order valence-electron chi connectivity index (χ2n) is 4.66. The standard InChI is InChI=1S/C12H16N4O4/c13-12(14-18)10-7-8(16(19)20)1-2-11(10)15-5-3-9(17)4-6-15/h1-2,7,9,17-18H,3-6H2,(H2,13,14). The van der Waals surface area contributed by atoms with Gasteiger partial charge in [0.2, 0.25) is 0 Å². The van der Waals surface area contributed by atoms with Crippen molar-refractivity contribution in [3.8, 4) is 0 Å². The third-order valence-electron chi connectivity index (χ3n) is 3.38. The molecule has 108 valence electrons. The van der Waals surface area contributed by atoms with E-state index < -0.39 is 4.92 Å². The quantitative estimate of drug-likeness (QED) is 0.245. The molecule has 0 aliphatic carbocycles. The van der Waals surface area contributed by atoms with Gasteiger partial charge in [-0.3, -0.25) is 10.1 Å². The van der Waals surface area contributed by atoms with Crippen molar-refractivity contribution < 1.29 is 15.2 Å². The van der Waals surface area contributed by atoms with Gasteiger partial charge in [-0.15, -0.1) is 0 Å². The lowest BCUT2D eigenvalue weighted by Crippen LogP contribution is -2.37. The van der Waals surface area contributed by atoms with Crippen LogP contribution in [0.3, 0.4) is 0 Å². The zero-order valence-corrected chi connectivity index (χ0v) is 10.8. The van der Waals surface area contributed by atoms with E-state index in [2.05, 4.69) is 5.16 Å². The molecule has 1 aliphatic heterocycles. The number of piperidine rings is 1. The Morgan fingerprint density at radius 2 is 2.10 bits per heavy atom. The molecule has 1 fully saturated rings. The van der Waals surface area contributed by atoms with E-state index in [1.165, 1.54) is 12.1 Å². The number of nitro benzene ring substituents is 1. The van der Waals surface area contributed by atoms with Gasteiger partial charge in [-0.2, -0.15) is 0 Å². The summed E-state index contributed by atoms with van der Waals surface area (Å²) in [4.78, 5) is 12.2. The van der Waals surface area contributed by atoms with E-state index >= 15 is 0 Å². The number of oxime groups is 1. The van der Waals surface area contributed by atoms with Crippen molar-refractivity contribution >= 4 is 17.2 Å². The van der Waals surface area contributed by atoms with Crippen molar-refractivity contribution in [1.29, 1.82) is 0 Å². The fourth-order valence-electron chi connectivity index (χ4n) is 2.28. The molecule has 0 amide bonds. The van der Waals surface area contributed by atoms with Gasteiger partial charge >= 0.3 is 0 Å². The summed E-state index contributed by atoms with van der Waals surface area (Å²) in [6.45, 7) is 1.23. The molecule has 1 aliphatic rings. The molecule has 8 nitrogen and oxygen atoms in total. The molecule has 1 heterocycles. The minimum absolute atomic E-state index is 0.118. The first-order valence-corrected chi connectivity index (χ1v) is 6.22. The highest BCUT2D eigenvalue weighted by atomic mass is 16.6. The first-order valence-electron chi connectivity index (χ1n) is 6.22. The highest BCUT2D eigenvalue weighted by Crippen LogP contribution is 2.27. The van der Waals surface area contributed by atoms with Gasteiger partial charge in [-0.25, -0.2) is 0 Å². The van der Waals surface area contributed by atoms with E-state index in [9.17, 15) is 15.2 Å². The van der Waals surface area contributed by atoms with E-state index in [0.717, 1.165) is 0 Å². The third-order valence-corrected chi connectivity index (χ3v) is 3.38. The van der Waals surface area contributed by atoms with Crippen LogP contribution in [0.2, 0.25) is 0 Å². The first kappa shape index (κ1) is 14.1. The summed E-state index contributed by atoms with van der Waals surface area (Å²) in [6, 6.07) is 4.26. The van der Waals surface area contributed by atoms with Crippen LogP contribution >= 0.6 is 0 Å². The zero-order chi connectivity index (χ0) is 14.7. The summed E-state index contributed by atoms with van der Waals surface area (Å²) in [5.74, 6) is -0.171. The summed E-state index contributed by atoms with van der Waals surface area (Å²) in [6.07, 6.45) is 0.913. The molecule has 4 N–H and O–H groups in total. The number of rotatable bonds is 3. The van der Waals surface area contributed by atoms with E-state index in [-0.39, 0.29) is 17.6 Å². The van der Waals surface area contributed by atoms with Crippen LogP contribution in [0.1, 0.15) is 18.4 Å². The highest BCUT2D eigenvalue weighted by Gasteiger charge is 2.22. The van der Waals surface area contributed by atoms with E-state index in [0.29, 0.717) is 37.2 Å². The molecule has 20 heavy (non-hydrogen) atoms. The van der Waals surface area contributed by atoms with Crippen LogP contribution in [0.5, 0.6) is 0 Å². The summed E-state index contributed by atoms with van der Waals surface area (Å²) in [5, 5.41) is 32.1. The second kappa shape index (κ2) is 5.74. The Hall–Kier alpha value is -2.35. The average molecular weight is 280 g/mol. The van der Waals surface area contributed by atoms with Gasteiger partial charge in [0.05, 0.1) is 16.6 Å². The van der Waals surface area contributed by atoms with Gasteiger partial charge in [0.15, 0.2) is 5.84 Å². The maximum absolute atomic E-state index is 10.8. The molecule has 0 unspecified atom stereocenters. The molecule has 0 bridgehead atoms. The number of nitrogens with two attached hydrogens (primary N) is 1. The highest BCUT2D eigenvalue weighted by molar-refractivity contribution is 6.02. The number of aliphatic hydroxyl groups excluding tert-OH is 1. The second-order valence-corrected chi connectivity index (χ2v) is 4.66. The van der Waals surface area contributed by atoms with Crippen LogP contribution in [-0.2, 0) is 0 Å².